The normalized spacial score (nSPS) is 19.4. The van der Waals surface area contributed by atoms with E-state index in [-0.39, 0.29) is 61.5 Å². The maximum Gasteiger partial charge on any atom is 0.391 e. The maximum atomic E-state index is 12.6. The number of rotatable bonds is 6. The molecule has 1 aromatic heterocycles. The molecule has 5 nitrogen and oxygen atoms in total. The summed E-state index contributed by atoms with van der Waals surface area (Å²) in [4.78, 5) is 16.1. The van der Waals surface area contributed by atoms with Crippen LogP contribution in [0.3, 0.4) is 0 Å². The molecule has 1 saturated carbocycles. The Morgan fingerprint density at radius 3 is 2.32 bits per heavy atom. The third kappa shape index (κ3) is 8.14. The van der Waals surface area contributed by atoms with Crippen LogP contribution in [0.15, 0.2) is 12.1 Å². The summed E-state index contributed by atoms with van der Waals surface area (Å²) in [6.45, 7) is -2.00. The van der Waals surface area contributed by atoms with E-state index in [0.717, 1.165) is 0 Å². The molecule has 0 bridgehead atoms. The van der Waals surface area contributed by atoms with Crippen LogP contribution >= 0.6 is 11.6 Å². The second-order valence-corrected chi connectivity index (χ2v) is 6.39. The molecule has 0 unspecified atom stereocenters. The number of pyridine rings is 1. The van der Waals surface area contributed by atoms with Crippen molar-refractivity contribution in [2.24, 2.45) is 5.92 Å². The molecule has 2 N–H and O–H groups in total. The highest BCUT2D eigenvalue weighted by atomic mass is 35.5. The van der Waals surface area contributed by atoms with Crippen molar-refractivity contribution in [1.29, 1.82) is 0 Å². The predicted molar refractivity (Wildman–Crippen MR) is 93.0 cm³/mol. The quantitative estimate of drug-likeness (QED) is 0.528. The highest BCUT2D eigenvalue weighted by Gasteiger charge is 2.41. The van der Waals surface area contributed by atoms with Gasteiger partial charge in [-0.15, -0.1) is 0 Å². The summed E-state index contributed by atoms with van der Waals surface area (Å²) in [6.07, 6.45) is -3.73. The largest absolute Gasteiger partial charge is 0.474 e. The van der Waals surface area contributed by atoms with Crippen LogP contribution in [-0.2, 0) is 0 Å². The van der Waals surface area contributed by atoms with Crippen molar-refractivity contribution in [2.75, 3.05) is 26.6 Å². The zero-order chi connectivity index (χ0) is 21.2. The van der Waals surface area contributed by atoms with Gasteiger partial charge in [-0.25, -0.2) is 13.8 Å². The van der Waals surface area contributed by atoms with Gasteiger partial charge in [-0.2, -0.15) is 13.2 Å². The number of amides is 1. The van der Waals surface area contributed by atoms with Crippen molar-refractivity contribution in [3.8, 4) is 5.88 Å². The van der Waals surface area contributed by atoms with E-state index in [9.17, 15) is 26.7 Å². The Bertz CT molecular complexity index is 609. The number of alkyl halides is 5. The highest BCUT2D eigenvalue weighted by molar-refractivity contribution is 6.29. The second kappa shape index (κ2) is 12.0. The fraction of sp³-hybridized carbons (Fsp3) is 0.647. The molecule has 28 heavy (non-hydrogen) atoms. The number of hydrogen-bond acceptors (Lipinski definition) is 4. The Morgan fingerprint density at radius 2 is 1.82 bits per heavy atom. The fourth-order valence-electron chi connectivity index (χ4n) is 2.66. The summed E-state index contributed by atoms with van der Waals surface area (Å²) in [5.41, 5.74) is 0.0748. The third-order valence-electron chi connectivity index (χ3n) is 4.00. The molecule has 2 rings (SSSR count). The number of aliphatic hydroxyl groups excluding tert-OH is 1. The zero-order valence-corrected chi connectivity index (χ0v) is 15.7. The molecule has 0 aromatic carbocycles. The summed E-state index contributed by atoms with van der Waals surface area (Å²) in [5.74, 6) is -1.93. The first kappa shape index (κ1) is 24.4. The smallest absolute Gasteiger partial charge is 0.391 e. The summed E-state index contributed by atoms with van der Waals surface area (Å²) in [6, 6.07) is 2.43. The second-order valence-electron chi connectivity index (χ2n) is 6.00. The van der Waals surface area contributed by atoms with E-state index < -0.39 is 31.4 Å². The summed E-state index contributed by atoms with van der Waals surface area (Å²) in [5, 5.41) is 10.3. The van der Waals surface area contributed by atoms with E-state index in [2.05, 4.69) is 10.3 Å². The molecular formula is C17H22ClF5N2O3. The van der Waals surface area contributed by atoms with E-state index in [1.165, 1.54) is 12.1 Å². The number of ether oxygens (including phenoxy) is 1. The number of hydrogen-bond donors (Lipinski definition) is 2. The van der Waals surface area contributed by atoms with Crippen molar-refractivity contribution < 1.29 is 36.6 Å². The Kier molecular flexibility index (Phi) is 10.4. The molecule has 0 radical (unpaired) electrons. The summed E-state index contributed by atoms with van der Waals surface area (Å²) in [7, 11) is 0. The van der Waals surface area contributed by atoms with Crippen LogP contribution in [0.1, 0.15) is 36.0 Å². The van der Waals surface area contributed by atoms with Crippen molar-refractivity contribution in [2.45, 2.75) is 37.9 Å². The van der Waals surface area contributed by atoms with Crippen molar-refractivity contribution in [3.05, 3.63) is 22.8 Å². The topological polar surface area (TPSA) is 71.5 Å². The van der Waals surface area contributed by atoms with Gasteiger partial charge in [-0.05, 0) is 37.8 Å². The first-order chi connectivity index (χ1) is 13.2. The number of halogens is 6. The number of aliphatic hydroxyl groups is 1. The monoisotopic (exact) mass is 432 g/mol. The van der Waals surface area contributed by atoms with Crippen molar-refractivity contribution in [3.63, 3.8) is 0 Å². The molecule has 1 aromatic rings. The minimum absolute atomic E-state index is 0.0154. The van der Waals surface area contributed by atoms with E-state index in [0.29, 0.717) is 0 Å². The Balaban J connectivity index is 0.000000892. The van der Waals surface area contributed by atoms with Gasteiger partial charge < -0.3 is 15.2 Å². The van der Waals surface area contributed by atoms with Gasteiger partial charge in [0.15, 0.2) is 0 Å². The van der Waals surface area contributed by atoms with E-state index in [4.69, 9.17) is 21.4 Å². The number of aromatic nitrogens is 1. The number of nitrogens with one attached hydrogen (secondary N) is 1. The van der Waals surface area contributed by atoms with Crippen LogP contribution < -0.4 is 10.1 Å². The van der Waals surface area contributed by atoms with Gasteiger partial charge in [0.25, 0.3) is 5.91 Å². The van der Waals surface area contributed by atoms with Gasteiger partial charge in [0.2, 0.25) is 5.88 Å². The fourth-order valence-corrected chi connectivity index (χ4v) is 2.80. The number of carbonyl (C=O) groups is 1. The lowest BCUT2D eigenvalue weighted by molar-refractivity contribution is -0.182. The van der Waals surface area contributed by atoms with E-state index >= 15 is 0 Å². The van der Waals surface area contributed by atoms with Crippen LogP contribution in [0.2, 0.25) is 5.15 Å². The van der Waals surface area contributed by atoms with E-state index in [1.807, 2.05) is 0 Å². The van der Waals surface area contributed by atoms with Crippen LogP contribution in [0.25, 0.3) is 0 Å². The standard InChI is InChI=1S/C15H17ClF4N2O2.C2H5FO/c16-12-6-5-11(14(22-12)24-8-7-17)13(23)21-10-3-1-9(2-4-10)15(18,19)20;3-1-2-4/h5-6,9-10H,1-4,7-8H2,(H,21,23);4H,1-2H2/t9-,10-;. The molecule has 160 valence electrons. The molecule has 0 saturated heterocycles. The molecule has 1 aliphatic carbocycles. The Labute approximate surface area is 164 Å². The lowest BCUT2D eigenvalue weighted by Gasteiger charge is -2.30. The van der Waals surface area contributed by atoms with Gasteiger partial charge in [0.05, 0.1) is 12.5 Å². The molecule has 1 fully saturated rings. The van der Waals surface area contributed by atoms with Gasteiger partial charge >= 0.3 is 6.18 Å². The molecule has 11 heteroatoms. The molecule has 0 atom stereocenters. The first-order valence-electron chi connectivity index (χ1n) is 8.62. The van der Waals surface area contributed by atoms with Crippen LogP contribution in [0, 0.1) is 5.92 Å². The third-order valence-corrected chi connectivity index (χ3v) is 4.21. The molecule has 0 spiro atoms. The van der Waals surface area contributed by atoms with Crippen LogP contribution in [0.4, 0.5) is 22.0 Å². The highest BCUT2D eigenvalue weighted by Crippen LogP contribution is 2.37. The van der Waals surface area contributed by atoms with Gasteiger partial charge in [0.1, 0.15) is 30.7 Å². The average molecular weight is 433 g/mol. The lowest BCUT2D eigenvalue weighted by Crippen LogP contribution is -2.40. The van der Waals surface area contributed by atoms with E-state index in [1.54, 1.807) is 0 Å². The Hall–Kier alpha value is -1.68. The van der Waals surface area contributed by atoms with Gasteiger partial charge in [-0.1, -0.05) is 11.6 Å². The summed E-state index contributed by atoms with van der Waals surface area (Å²) < 4.78 is 65.7. The van der Waals surface area contributed by atoms with Gasteiger partial charge in [-0.3, -0.25) is 4.79 Å². The molecular weight excluding hydrogens is 411 g/mol. The molecule has 1 amide bonds. The molecule has 1 aliphatic rings. The average Bonchev–Trinajstić information content (AvgIpc) is 2.66. The maximum absolute atomic E-state index is 12.6. The minimum atomic E-state index is -4.19. The van der Waals surface area contributed by atoms with Crippen molar-refractivity contribution >= 4 is 17.5 Å². The zero-order valence-electron chi connectivity index (χ0n) is 14.9. The van der Waals surface area contributed by atoms with Crippen molar-refractivity contribution in [1.82, 2.24) is 10.3 Å². The molecule has 1 heterocycles. The summed E-state index contributed by atoms with van der Waals surface area (Å²) >= 11 is 5.73. The SMILES string of the molecule is O=C(N[C@H]1CC[C@H](C(F)(F)F)CC1)c1ccc(Cl)nc1OCCF.OCCF. The first-order valence-corrected chi connectivity index (χ1v) is 9.00. The van der Waals surface area contributed by atoms with Crippen LogP contribution in [-0.4, -0.2) is 54.8 Å². The number of carbonyl (C=O) groups excluding carboxylic acids is 1. The Morgan fingerprint density at radius 1 is 1.21 bits per heavy atom. The lowest BCUT2D eigenvalue weighted by atomic mass is 9.85. The predicted octanol–water partition coefficient (Wildman–Crippen LogP) is 3.88. The van der Waals surface area contributed by atoms with Gasteiger partial charge in [0, 0.05) is 6.04 Å². The minimum Gasteiger partial charge on any atom is -0.474 e. The molecule has 0 aliphatic heterocycles. The van der Waals surface area contributed by atoms with Crippen LogP contribution in [0.5, 0.6) is 5.88 Å². The number of nitrogens with zero attached hydrogens (tertiary/aromatic N) is 1.